The van der Waals surface area contributed by atoms with Crippen molar-refractivity contribution in [3.8, 4) is 0 Å². The van der Waals surface area contributed by atoms with Crippen molar-refractivity contribution >= 4 is 5.91 Å². The second kappa shape index (κ2) is 5.51. The van der Waals surface area contributed by atoms with Crippen LogP contribution >= 0.6 is 0 Å². The van der Waals surface area contributed by atoms with Crippen LogP contribution in [0.2, 0.25) is 0 Å². The Hall–Kier alpha value is -2.37. The van der Waals surface area contributed by atoms with E-state index in [1.54, 1.807) is 0 Å². The fraction of sp³-hybridized carbons (Fsp3) is 0.154. The smallest absolute Gasteiger partial charge is 0.274 e. The van der Waals surface area contributed by atoms with Crippen molar-refractivity contribution in [1.82, 2.24) is 14.9 Å². The molecule has 6 heteroatoms. The van der Waals surface area contributed by atoms with Gasteiger partial charge in [-0.1, -0.05) is 6.07 Å². The maximum atomic E-state index is 13.5. The van der Waals surface area contributed by atoms with Crippen molar-refractivity contribution in [1.29, 1.82) is 0 Å². The molecule has 2 rings (SSSR count). The largest absolute Gasteiger partial charge is 0.336 e. The normalized spacial score (nSPS) is 10.3. The summed E-state index contributed by atoms with van der Waals surface area (Å²) in [6.07, 6.45) is 4.19. The van der Waals surface area contributed by atoms with Crippen LogP contribution in [0, 0.1) is 11.6 Å². The molecule has 4 nitrogen and oxygen atoms in total. The number of benzene rings is 1. The van der Waals surface area contributed by atoms with Crippen LogP contribution in [0.15, 0.2) is 36.8 Å². The van der Waals surface area contributed by atoms with E-state index in [-0.39, 0.29) is 23.7 Å². The van der Waals surface area contributed by atoms with Gasteiger partial charge in [-0.2, -0.15) is 0 Å². The molecule has 1 heterocycles. The van der Waals surface area contributed by atoms with Gasteiger partial charge in [-0.3, -0.25) is 9.78 Å². The predicted octanol–water partition coefficient (Wildman–Crippen LogP) is 2.03. The zero-order valence-electron chi connectivity index (χ0n) is 10.2. The van der Waals surface area contributed by atoms with Crippen molar-refractivity contribution in [2.24, 2.45) is 0 Å². The molecular weight excluding hydrogens is 252 g/mol. The molecule has 0 aliphatic carbocycles. The van der Waals surface area contributed by atoms with Crippen molar-refractivity contribution in [2.75, 3.05) is 7.05 Å². The van der Waals surface area contributed by atoms with Gasteiger partial charge in [0.15, 0.2) is 0 Å². The Balaban J connectivity index is 2.13. The van der Waals surface area contributed by atoms with E-state index < -0.39 is 11.6 Å². The van der Waals surface area contributed by atoms with Gasteiger partial charge in [0.2, 0.25) is 0 Å². The lowest BCUT2D eigenvalue weighted by Crippen LogP contribution is -2.27. The van der Waals surface area contributed by atoms with Crippen LogP contribution in [-0.4, -0.2) is 27.8 Å². The maximum absolute atomic E-state index is 13.5. The van der Waals surface area contributed by atoms with Crippen molar-refractivity contribution in [3.63, 3.8) is 0 Å². The lowest BCUT2D eigenvalue weighted by molar-refractivity contribution is 0.0777. The minimum absolute atomic E-state index is 0.0293. The summed E-state index contributed by atoms with van der Waals surface area (Å²) >= 11 is 0. The van der Waals surface area contributed by atoms with Gasteiger partial charge in [-0.05, 0) is 6.07 Å². The molecule has 0 saturated heterocycles. The van der Waals surface area contributed by atoms with Gasteiger partial charge in [-0.15, -0.1) is 0 Å². The summed E-state index contributed by atoms with van der Waals surface area (Å²) in [4.78, 5) is 20.9. The molecular formula is C13H11F2N3O. The van der Waals surface area contributed by atoms with Gasteiger partial charge in [0.05, 0.1) is 6.20 Å². The molecule has 98 valence electrons. The van der Waals surface area contributed by atoms with E-state index in [0.717, 1.165) is 12.1 Å². The molecule has 0 aliphatic heterocycles. The summed E-state index contributed by atoms with van der Waals surface area (Å²) in [6, 6.07) is 3.25. The van der Waals surface area contributed by atoms with E-state index in [9.17, 15) is 13.6 Å². The second-order valence-corrected chi connectivity index (χ2v) is 3.99. The van der Waals surface area contributed by atoms with Crippen molar-refractivity contribution in [2.45, 2.75) is 6.54 Å². The van der Waals surface area contributed by atoms with Gasteiger partial charge < -0.3 is 4.90 Å². The van der Waals surface area contributed by atoms with Crippen molar-refractivity contribution < 1.29 is 13.6 Å². The highest BCUT2D eigenvalue weighted by Crippen LogP contribution is 2.12. The number of halogens is 2. The van der Waals surface area contributed by atoms with Crippen LogP contribution in [0.4, 0.5) is 8.78 Å². The summed E-state index contributed by atoms with van der Waals surface area (Å²) in [5.74, 6) is -1.71. The summed E-state index contributed by atoms with van der Waals surface area (Å²) in [5, 5.41) is 0. The summed E-state index contributed by atoms with van der Waals surface area (Å²) in [7, 11) is 1.51. The first-order valence-electron chi connectivity index (χ1n) is 5.53. The van der Waals surface area contributed by atoms with E-state index in [0.29, 0.717) is 0 Å². The Kier molecular flexibility index (Phi) is 3.79. The Morgan fingerprint density at radius 3 is 2.74 bits per heavy atom. The zero-order valence-corrected chi connectivity index (χ0v) is 10.2. The van der Waals surface area contributed by atoms with Gasteiger partial charge >= 0.3 is 0 Å². The fourth-order valence-electron chi connectivity index (χ4n) is 1.58. The zero-order chi connectivity index (χ0) is 13.8. The summed E-state index contributed by atoms with van der Waals surface area (Å²) < 4.78 is 26.2. The van der Waals surface area contributed by atoms with Crippen molar-refractivity contribution in [3.05, 3.63) is 59.7 Å². The average molecular weight is 263 g/mol. The lowest BCUT2D eigenvalue weighted by atomic mass is 10.2. The summed E-state index contributed by atoms with van der Waals surface area (Å²) in [5.41, 5.74) is 0.411. The van der Waals surface area contributed by atoms with E-state index in [1.165, 1.54) is 36.6 Å². The third kappa shape index (κ3) is 3.09. The van der Waals surface area contributed by atoms with Gasteiger partial charge in [0, 0.05) is 37.6 Å². The fourth-order valence-corrected chi connectivity index (χ4v) is 1.58. The number of hydrogen-bond acceptors (Lipinski definition) is 3. The molecule has 0 radical (unpaired) electrons. The molecule has 0 unspecified atom stereocenters. The number of rotatable bonds is 3. The predicted molar refractivity (Wildman–Crippen MR) is 64.2 cm³/mol. The standard InChI is InChI=1S/C13H11F2N3O/c1-18(13(19)12-7-16-4-5-17-12)8-9-2-3-10(14)6-11(9)15/h2-7H,8H2,1H3. The molecule has 0 saturated carbocycles. The number of carbonyl (C=O) groups excluding carboxylic acids is 1. The first-order valence-corrected chi connectivity index (χ1v) is 5.53. The highest BCUT2D eigenvalue weighted by molar-refractivity contribution is 5.91. The molecule has 1 aromatic heterocycles. The molecule has 19 heavy (non-hydrogen) atoms. The van der Waals surface area contributed by atoms with E-state index in [2.05, 4.69) is 9.97 Å². The SMILES string of the molecule is CN(Cc1ccc(F)cc1F)C(=O)c1cnccn1. The molecule has 1 amide bonds. The highest BCUT2D eigenvalue weighted by atomic mass is 19.1. The molecule has 0 aliphatic rings. The van der Waals surface area contributed by atoms with Crippen LogP contribution in [0.5, 0.6) is 0 Å². The molecule has 0 atom stereocenters. The number of amides is 1. The Morgan fingerprint density at radius 1 is 1.32 bits per heavy atom. The first kappa shape index (κ1) is 13.1. The number of hydrogen-bond donors (Lipinski definition) is 0. The Morgan fingerprint density at radius 2 is 2.11 bits per heavy atom. The topological polar surface area (TPSA) is 46.1 Å². The monoisotopic (exact) mass is 263 g/mol. The summed E-state index contributed by atoms with van der Waals surface area (Å²) in [6.45, 7) is 0.0293. The van der Waals surface area contributed by atoms with E-state index in [4.69, 9.17) is 0 Å². The minimum atomic E-state index is -0.682. The maximum Gasteiger partial charge on any atom is 0.274 e. The third-order valence-electron chi connectivity index (χ3n) is 2.55. The molecule has 2 aromatic rings. The quantitative estimate of drug-likeness (QED) is 0.851. The van der Waals surface area contributed by atoms with Crippen LogP contribution in [0.3, 0.4) is 0 Å². The van der Waals surface area contributed by atoms with Gasteiger partial charge in [0.1, 0.15) is 17.3 Å². The Bertz CT molecular complexity index is 590. The van der Waals surface area contributed by atoms with Crippen LogP contribution in [-0.2, 0) is 6.54 Å². The molecule has 0 bridgehead atoms. The van der Waals surface area contributed by atoms with Crippen LogP contribution < -0.4 is 0 Å². The minimum Gasteiger partial charge on any atom is -0.336 e. The Labute approximate surface area is 108 Å². The van der Waals surface area contributed by atoms with Gasteiger partial charge in [-0.25, -0.2) is 13.8 Å². The number of nitrogens with zero attached hydrogens (tertiary/aromatic N) is 3. The first-order chi connectivity index (χ1) is 9.08. The molecule has 0 spiro atoms. The van der Waals surface area contributed by atoms with E-state index in [1.807, 2.05) is 0 Å². The highest BCUT2D eigenvalue weighted by Gasteiger charge is 2.15. The van der Waals surface area contributed by atoms with E-state index >= 15 is 0 Å². The second-order valence-electron chi connectivity index (χ2n) is 3.99. The molecule has 0 fully saturated rings. The molecule has 1 aromatic carbocycles. The van der Waals surface area contributed by atoms with Crippen LogP contribution in [0.1, 0.15) is 16.1 Å². The number of carbonyl (C=O) groups is 1. The number of aromatic nitrogens is 2. The third-order valence-corrected chi connectivity index (χ3v) is 2.55. The average Bonchev–Trinajstić information content (AvgIpc) is 2.42. The van der Waals surface area contributed by atoms with Gasteiger partial charge in [0.25, 0.3) is 5.91 Å². The van der Waals surface area contributed by atoms with Crippen LogP contribution in [0.25, 0.3) is 0 Å². The molecule has 0 N–H and O–H groups in total. The lowest BCUT2D eigenvalue weighted by Gasteiger charge is -2.16.